The number of aliphatic hydroxyl groups is 1. The van der Waals surface area contributed by atoms with Crippen LogP contribution in [0, 0.1) is 0 Å². The second-order valence-electron chi connectivity index (χ2n) is 4.42. The third-order valence-electron chi connectivity index (χ3n) is 2.96. The number of halogens is 1. The van der Waals surface area contributed by atoms with Gasteiger partial charge < -0.3 is 14.7 Å². The third-order valence-corrected chi connectivity index (χ3v) is 3.28. The zero-order valence-corrected chi connectivity index (χ0v) is 10.9. The number of β-amino-alcohol motifs (C(OH)–C–C–N with tert-alkyl or cyclic N) is 1. The summed E-state index contributed by atoms with van der Waals surface area (Å²) in [5.74, 6) is 0.381. The van der Waals surface area contributed by atoms with E-state index in [4.69, 9.17) is 16.3 Å². The molecule has 1 aliphatic heterocycles. The van der Waals surface area contributed by atoms with Gasteiger partial charge in [-0.15, -0.1) is 0 Å². The molecule has 1 aromatic rings. The molecule has 0 saturated carbocycles. The fourth-order valence-corrected chi connectivity index (χ4v) is 2.16. The standard InChI is InChI=1S/C13H16ClNO3/c1-9(13(17)15-7-6-10(16)8-15)18-12-5-3-2-4-11(12)14/h2-5,9-10,16H,6-8H2,1H3/t9?,10-/m1/s1. The van der Waals surface area contributed by atoms with Crippen molar-refractivity contribution in [2.24, 2.45) is 0 Å². The minimum absolute atomic E-state index is 0.119. The zero-order valence-electron chi connectivity index (χ0n) is 10.2. The topological polar surface area (TPSA) is 49.8 Å². The lowest BCUT2D eigenvalue weighted by Gasteiger charge is -2.21. The van der Waals surface area contributed by atoms with Gasteiger partial charge in [-0.1, -0.05) is 23.7 Å². The summed E-state index contributed by atoms with van der Waals surface area (Å²) in [4.78, 5) is 13.7. The quantitative estimate of drug-likeness (QED) is 0.909. The minimum Gasteiger partial charge on any atom is -0.479 e. The Bertz CT molecular complexity index is 438. The fourth-order valence-electron chi connectivity index (χ4n) is 1.98. The number of aliphatic hydroxyl groups excluding tert-OH is 1. The number of amides is 1. The molecule has 5 heteroatoms. The molecule has 0 radical (unpaired) electrons. The third kappa shape index (κ3) is 2.94. The van der Waals surface area contributed by atoms with Crippen molar-refractivity contribution < 1.29 is 14.6 Å². The first-order chi connectivity index (χ1) is 8.58. The second kappa shape index (κ2) is 5.59. The van der Waals surface area contributed by atoms with Crippen LogP contribution in [0.1, 0.15) is 13.3 Å². The number of carbonyl (C=O) groups excluding carboxylic acids is 1. The first-order valence-corrected chi connectivity index (χ1v) is 6.34. The molecule has 1 aromatic carbocycles. The van der Waals surface area contributed by atoms with Crippen molar-refractivity contribution in [1.82, 2.24) is 4.90 Å². The highest BCUT2D eigenvalue weighted by atomic mass is 35.5. The lowest BCUT2D eigenvalue weighted by atomic mass is 10.3. The molecular weight excluding hydrogens is 254 g/mol. The molecule has 0 spiro atoms. The molecule has 2 atom stereocenters. The number of benzene rings is 1. The molecule has 2 rings (SSSR count). The number of nitrogens with zero attached hydrogens (tertiary/aromatic N) is 1. The Hall–Kier alpha value is -1.26. The summed E-state index contributed by atoms with van der Waals surface area (Å²) in [6.07, 6.45) is -0.387. The molecule has 0 bridgehead atoms. The van der Waals surface area contributed by atoms with E-state index < -0.39 is 12.2 Å². The Morgan fingerprint density at radius 2 is 2.28 bits per heavy atom. The Morgan fingerprint density at radius 1 is 1.56 bits per heavy atom. The largest absolute Gasteiger partial charge is 0.479 e. The van der Waals surface area contributed by atoms with Crippen molar-refractivity contribution in [2.75, 3.05) is 13.1 Å². The number of hydrogen-bond donors (Lipinski definition) is 1. The smallest absolute Gasteiger partial charge is 0.263 e. The summed E-state index contributed by atoms with van der Waals surface area (Å²) in [5.41, 5.74) is 0. The Balaban J connectivity index is 1.98. The van der Waals surface area contributed by atoms with Crippen LogP contribution in [0.5, 0.6) is 5.75 Å². The highest BCUT2D eigenvalue weighted by molar-refractivity contribution is 6.32. The monoisotopic (exact) mass is 269 g/mol. The molecule has 1 fully saturated rings. The molecule has 98 valence electrons. The van der Waals surface area contributed by atoms with Gasteiger partial charge in [-0.25, -0.2) is 0 Å². The summed E-state index contributed by atoms with van der Waals surface area (Å²) in [6.45, 7) is 2.65. The van der Waals surface area contributed by atoms with Crippen LogP contribution in [0.2, 0.25) is 5.02 Å². The van der Waals surface area contributed by atoms with Crippen molar-refractivity contribution in [3.05, 3.63) is 29.3 Å². The van der Waals surface area contributed by atoms with Gasteiger partial charge in [0.15, 0.2) is 6.10 Å². The van der Waals surface area contributed by atoms with Crippen LogP contribution in [-0.4, -0.2) is 41.2 Å². The Labute approximate surface area is 111 Å². The molecule has 1 amide bonds. The summed E-state index contributed by atoms with van der Waals surface area (Å²) in [7, 11) is 0. The zero-order chi connectivity index (χ0) is 13.1. The summed E-state index contributed by atoms with van der Waals surface area (Å²) < 4.78 is 5.55. The van der Waals surface area contributed by atoms with Gasteiger partial charge in [0.25, 0.3) is 5.91 Å². The number of para-hydroxylation sites is 1. The van der Waals surface area contributed by atoms with Crippen LogP contribution in [-0.2, 0) is 4.79 Å². The van der Waals surface area contributed by atoms with E-state index in [0.29, 0.717) is 30.3 Å². The van der Waals surface area contributed by atoms with Crippen LogP contribution in [0.25, 0.3) is 0 Å². The molecule has 1 unspecified atom stereocenters. The van der Waals surface area contributed by atoms with Gasteiger partial charge in [0.1, 0.15) is 5.75 Å². The van der Waals surface area contributed by atoms with Gasteiger partial charge in [0, 0.05) is 13.1 Å². The SMILES string of the molecule is CC(Oc1ccccc1Cl)C(=O)N1CC[C@@H](O)C1. The minimum atomic E-state index is -0.602. The van der Waals surface area contributed by atoms with Gasteiger partial charge in [-0.05, 0) is 25.5 Å². The average molecular weight is 270 g/mol. The highest BCUT2D eigenvalue weighted by Gasteiger charge is 2.28. The van der Waals surface area contributed by atoms with Gasteiger partial charge in [0.05, 0.1) is 11.1 Å². The fraction of sp³-hybridized carbons (Fsp3) is 0.462. The summed E-state index contributed by atoms with van der Waals surface area (Å²) in [6, 6.07) is 7.05. The van der Waals surface area contributed by atoms with Crippen LogP contribution in [0.3, 0.4) is 0 Å². The van der Waals surface area contributed by atoms with E-state index in [1.165, 1.54) is 0 Å². The number of carbonyl (C=O) groups is 1. The molecule has 1 N–H and O–H groups in total. The van der Waals surface area contributed by atoms with Gasteiger partial charge in [-0.2, -0.15) is 0 Å². The molecular formula is C13H16ClNO3. The number of hydrogen-bond acceptors (Lipinski definition) is 3. The van der Waals surface area contributed by atoms with Crippen molar-refractivity contribution in [3.8, 4) is 5.75 Å². The van der Waals surface area contributed by atoms with Crippen molar-refractivity contribution in [3.63, 3.8) is 0 Å². The molecule has 0 aromatic heterocycles. The molecule has 0 aliphatic carbocycles. The van der Waals surface area contributed by atoms with Crippen molar-refractivity contribution in [1.29, 1.82) is 0 Å². The molecule has 1 saturated heterocycles. The number of rotatable bonds is 3. The Kier molecular flexibility index (Phi) is 4.09. The predicted octanol–water partition coefficient (Wildman–Crippen LogP) is 1.70. The maximum Gasteiger partial charge on any atom is 0.263 e. The number of likely N-dealkylation sites (tertiary alicyclic amines) is 1. The molecule has 18 heavy (non-hydrogen) atoms. The van der Waals surface area contributed by atoms with Crippen molar-refractivity contribution in [2.45, 2.75) is 25.6 Å². The molecule has 1 aliphatic rings. The van der Waals surface area contributed by atoms with Crippen LogP contribution in [0.15, 0.2) is 24.3 Å². The molecule has 1 heterocycles. The van der Waals surface area contributed by atoms with E-state index in [1.54, 1.807) is 36.1 Å². The highest BCUT2D eigenvalue weighted by Crippen LogP contribution is 2.24. The van der Waals surface area contributed by atoms with E-state index in [0.717, 1.165) is 0 Å². The van der Waals surface area contributed by atoms with Gasteiger partial charge >= 0.3 is 0 Å². The Morgan fingerprint density at radius 3 is 2.89 bits per heavy atom. The van der Waals surface area contributed by atoms with Gasteiger partial charge in [-0.3, -0.25) is 4.79 Å². The van der Waals surface area contributed by atoms with Crippen molar-refractivity contribution >= 4 is 17.5 Å². The van der Waals surface area contributed by atoms with Crippen LogP contribution >= 0.6 is 11.6 Å². The molecule has 4 nitrogen and oxygen atoms in total. The van der Waals surface area contributed by atoms with E-state index in [2.05, 4.69) is 0 Å². The van der Waals surface area contributed by atoms with Gasteiger partial charge in [0.2, 0.25) is 0 Å². The predicted molar refractivity (Wildman–Crippen MR) is 68.7 cm³/mol. The first kappa shape index (κ1) is 13.2. The lowest BCUT2D eigenvalue weighted by molar-refractivity contribution is -0.137. The van der Waals surface area contributed by atoms with Crippen LogP contribution in [0.4, 0.5) is 0 Å². The van der Waals surface area contributed by atoms with E-state index in [-0.39, 0.29) is 5.91 Å². The second-order valence-corrected chi connectivity index (χ2v) is 4.82. The van der Waals surface area contributed by atoms with E-state index in [9.17, 15) is 9.90 Å². The lowest BCUT2D eigenvalue weighted by Crippen LogP contribution is -2.39. The van der Waals surface area contributed by atoms with E-state index >= 15 is 0 Å². The van der Waals surface area contributed by atoms with Crippen LogP contribution < -0.4 is 4.74 Å². The maximum atomic E-state index is 12.1. The summed E-state index contributed by atoms with van der Waals surface area (Å²) in [5, 5.41) is 9.89. The first-order valence-electron chi connectivity index (χ1n) is 5.96. The summed E-state index contributed by atoms with van der Waals surface area (Å²) >= 11 is 5.97. The maximum absolute atomic E-state index is 12.1. The number of ether oxygens (including phenoxy) is 1. The van der Waals surface area contributed by atoms with E-state index in [1.807, 2.05) is 0 Å². The average Bonchev–Trinajstić information content (AvgIpc) is 2.78. The normalized spacial score (nSPS) is 20.8.